The van der Waals surface area contributed by atoms with E-state index >= 15 is 0 Å². The van der Waals surface area contributed by atoms with Crippen LogP contribution in [-0.4, -0.2) is 26.8 Å². The third-order valence-electron chi connectivity index (χ3n) is 10.2. The number of para-hydroxylation sites is 2. The Kier molecular flexibility index (Phi) is 6.96. The lowest BCUT2D eigenvalue weighted by molar-refractivity contribution is 0.415. The van der Waals surface area contributed by atoms with E-state index in [4.69, 9.17) is 20.0 Å². The molecule has 2 aliphatic heterocycles. The van der Waals surface area contributed by atoms with Crippen LogP contribution < -0.4 is 30.3 Å². The van der Waals surface area contributed by atoms with Crippen molar-refractivity contribution in [3.63, 3.8) is 0 Å². The van der Waals surface area contributed by atoms with Gasteiger partial charge in [0.05, 0.1) is 7.11 Å². The Bertz CT molecular complexity index is 2100. The monoisotopic (exact) mass is 676 g/mol. The van der Waals surface area contributed by atoms with Gasteiger partial charge in [0.15, 0.2) is 6.60 Å². The molecule has 6 aromatic carbocycles. The third-order valence-corrected chi connectivity index (χ3v) is 17.5. The van der Waals surface area contributed by atoms with Gasteiger partial charge in [0.1, 0.15) is 5.75 Å². The number of hydrogen-bond donors (Lipinski definition) is 0. The normalized spacial score (nSPS) is 15.1. The summed E-state index contributed by atoms with van der Waals surface area (Å²) in [5.41, 5.74) is 11.9. The van der Waals surface area contributed by atoms with Gasteiger partial charge in [0.25, 0.3) is 0 Å². The maximum Gasteiger partial charge on any atom is 0.302 e. The molecule has 0 radical (unpaired) electrons. The molecule has 0 amide bonds. The van der Waals surface area contributed by atoms with Crippen molar-refractivity contribution in [3.05, 3.63) is 144 Å². The van der Waals surface area contributed by atoms with Crippen molar-refractivity contribution in [2.45, 2.75) is 27.7 Å². The minimum absolute atomic E-state index is 0.112. The Balaban J connectivity index is 1.48. The van der Waals surface area contributed by atoms with Gasteiger partial charge in [0, 0.05) is 23.8 Å². The van der Waals surface area contributed by atoms with Crippen molar-refractivity contribution in [3.8, 4) is 5.75 Å². The number of halogens is 1. The highest BCUT2D eigenvalue weighted by Gasteiger charge is 2.63. The van der Waals surface area contributed by atoms with Crippen LogP contribution in [0.5, 0.6) is 5.75 Å². The van der Waals surface area contributed by atoms with Crippen LogP contribution in [0, 0.1) is 27.7 Å². The molecule has 0 bridgehead atoms. The minimum atomic E-state index is -2.91. The predicted molar refractivity (Wildman–Crippen MR) is 205 cm³/mol. The minimum Gasteiger partial charge on any atom is -0.497 e. The second-order valence-electron chi connectivity index (χ2n) is 12.8. The van der Waals surface area contributed by atoms with Crippen molar-refractivity contribution >= 4 is 84.3 Å². The lowest BCUT2D eigenvalue weighted by Crippen LogP contribution is -2.76. The number of nitrogens with zero attached hydrogens (tertiary/aromatic N) is 2. The van der Waals surface area contributed by atoms with Gasteiger partial charge in [-0.2, -0.15) is 0 Å². The molecule has 2 heterocycles. The maximum absolute atomic E-state index is 5.64. The molecule has 2 aliphatic rings. The number of fused-ring (bicyclic) bond motifs is 2. The first kappa shape index (κ1) is 29.2. The second-order valence-corrected chi connectivity index (χ2v) is 19.2. The van der Waals surface area contributed by atoms with Gasteiger partial charge in [-0.1, -0.05) is 123 Å². The molecular formula is C39H35B2BrN2OSi. The van der Waals surface area contributed by atoms with E-state index in [1.165, 1.54) is 71.6 Å². The average molecular weight is 677 g/mol. The maximum atomic E-state index is 5.64. The summed E-state index contributed by atoms with van der Waals surface area (Å²) in [6.45, 7) is 6.19. The van der Waals surface area contributed by atoms with E-state index in [1.54, 1.807) is 7.11 Å². The van der Waals surface area contributed by atoms with Crippen molar-refractivity contribution in [1.29, 1.82) is 0 Å². The summed E-state index contributed by atoms with van der Waals surface area (Å²) in [7, 11) is 1.74. The molecule has 0 spiro atoms. The van der Waals surface area contributed by atoms with E-state index in [-0.39, 0.29) is 12.8 Å². The van der Waals surface area contributed by atoms with E-state index in [2.05, 4.69) is 158 Å². The molecule has 6 aromatic rings. The molecular weight excluding hydrogens is 642 g/mol. The van der Waals surface area contributed by atoms with Gasteiger partial charge in [-0.05, 0) is 89.7 Å². The summed E-state index contributed by atoms with van der Waals surface area (Å²) in [5, 5.41) is 5.32. The summed E-state index contributed by atoms with van der Waals surface area (Å²) in [6, 6.07) is 40.4. The predicted octanol–water partition coefficient (Wildman–Crippen LogP) is 7.55. The molecule has 0 fully saturated rings. The topological polar surface area (TPSA) is 15.7 Å². The molecule has 0 aromatic heterocycles. The number of rotatable bonds is 5. The molecule has 0 saturated heterocycles. The number of hydrogen-bond acceptors (Lipinski definition) is 3. The number of methoxy groups -OCH3 is 1. The highest BCUT2D eigenvalue weighted by Crippen LogP contribution is 2.45. The smallest absolute Gasteiger partial charge is 0.302 e. The average Bonchev–Trinajstić information content (AvgIpc) is 3.58. The first-order valence-electron chi connectivity index (χ1n) is 16.0. The largest absolute Gasteiger partial charge is 0.497 e. The fraction of sp³-hybridized carbons (Fsp3) is 0.128. The van der Waals surface area contributed by atoms with Crippen LogP contribution in [0.4, 0.5) is 11.4 Å². The van der Waals surface area contributed by atoms with Crippen LogP contribution in [0.3, 0.4) is 0 Å². The van der Waals surface area contributed by atoms with Crippen molar-refractivity contribution in [2.75, 3.05) is 16.2 Å². The SMILES string of the molecule is COc1ccc(B2B([Si]3(Br)N(c4c(C)cccc4C)C=CN3c3c(C)cccc3C)c3cccc4cc5ccccc5c2c34)cc1. The van der Waals surface area contributed by atoms with Crippen LogP contribution in [0.1, 0.15) is 22.3 Å². The van der Waals surface area contributed by atoms with Gasteiger partial charge in [-0.3, -0.25) is 0 Å². The van der Waals surface area contributed by atoms with Gasteiger partial charge in [0.2, 0.25) is 6.20 Å². The van der Waals surface area contributed by atoms with E-state index in [9.17, 15) is 0 Å². The number of ether oxygens (including phenoxy) is 1. The van der Waals surface area contributed by atoms with Crippen LogP contribution in [0.2, 0.25) is 0 Å². The molecule has 3 nitrogen and oxygen atoms in total. The highest BCUT2D eigenvalue weighted by molar-refractivity contribution is 9.28. The van der Waals surface area contributed by atoms with Gasteiger partial charge < -0.3 is 13.9 Å². The van der Waals surface area contributed by atoms with Crippen molar-refractivity contribution in [1.82, 2.24) is 0 Å². The van der Waals surface area contributed by atoms with E-state index in [1.807, 2.05) is 0 Å². The van der Waals surface area contributed by atoms with Gasteiger partial charge in [-0.15, -0.1) is 0 Å². The summed E-state index contributed by atoms with van der Waals surface area (Å²) < 4.78 is 10.9. The summed E-state index contributed by atoms with van der Waals surface area (Å²) >= 11 is 4.77. The lowest BCUT2D eigenvalue weighted by Gasteiger charge is -2.45. The standard InChI is InChI=1S/C39H35B2BrN2OSi/c1-26-11-8-12-27(2)38(26)43-23-24-44(39-28(3)13-9-14-29(39)4)46(43,42)41-35-18-10-16-31-25-30-15-6-7-17-34(30)37(36(31)35)40(41)32-19-21-33(45-5)22-20-32/h6-25H,1-5H3. The zero-order valence-corrected chi connectivity index (χ0v) is 29.5. The van der Waals surface area contributed by atoms with Crippen molar-refractivity contribution < 1.29 is 4.74 Å². The molecule has 224 valence electrons. The molecule has 0 aliphatic carbocycles. The Morgan fingerprint density at radius 2 is 1.17 bits per heavy atom. The molecule has 0 atom stereocenters. The molecule has 0 N–H and O–H groups in total. The molecule has 0 unspecified atom stereocenters. The Morgan fingerprint density at radius 1 is 0.630 bits per heavy atom. The van der Waals surface area contributed by atoms with Crippen LogP contribution >= 0.6 is 15.3 Å². The fourth-order valence-electron chi connectivity index (χ4n) is 8.29. The number of anilines is 2. The molecule has 8 rings (SSSR count). The quantitative estimate of drug-likeness (QED) is 0.107. The zero-order valence-electron chi connectivity index (χ0n) is 26.9. The summed E-state index contributed by atoms with van der Waals surface area (Å²) in [6.07, 6.45) is 4.82. The van der Waals surface area contributed by atoms with Gasteiger partial charge in [-0.25, -0.2) is 0 Å². The van der Waals surface area contributed by atoms with Crippen LogP contribution in [0.15, 0.2) is 122 Å². The van der Waals surface area contributed by atoms with E-state index < -0.39 is 6.89 Å². The van der Waals surface area contributed by atoms with Crippen LogP contribution in [0.25, 0.3) is 21.5 Å². The number of aryl methyl sites for hydroxylation is 4. The molecule has 46 heavy (non-hydrogen) atoms. The van der Waals surface area contributed by atoms with E-state index in [0.29, 0.717) is 0 Å². The van der Waals surface area contributed by atoms with Crippen molar-refractivity contribution in [2.24, 2.45) is 0 Å². The zero-order chi connectivity index (χ0) is 31.7. The Labute approximate surface area is 281 Å². The number of benzene rings is 6. The van der Waals surface area contributed by atoms with Crippen LogP contribution in [-0.2, 0) is 0 Å². The summed E-state index contributed by atoms with van der Waals surface area (Å²) in [4.78, 5) is 0. The molecule has 0 saturated carbocycles. The highest BCUT2D eigenvalue weighted by atomic mass is 79.9. The Hall–Kier alpha value is -4.19. The second kappa shape index (κ2) is 11.0. The molecule has 7 heteroatoms. The fourth-order valence-corrected chi connectivity index (χ4v) is 15.7. The first-order chi connectivity index (χ1) is 22.3. The first-order valence-corrected chi connectivity index (χ1v) is 20.2. The lowest BCUT2D eigenvalue weighted by atomic mass is 9.16. The third kappa shape index (κ3) is 4.18. The van der Waals surface area contributed by atoms with E-state index in [0.717, 1.165) is 5.75 Å². The Morgan fingerprint density at radius 3 is 1.76 bits per heavy atom. The van der Waals surface area contributed by atoms with Gasteiger partial charge >= 0.3 is 6.89 Å². The summed E-state index contributed by atoms with van der Waals surface area (Å²) in [5.74, 6) is 0.876.